The number of fused-ring (bicyclic) bond motifs is 1. The van der Waals surface area contributed by atoms with Crippen LogP contribution in [0.25, 0.3) is 11.4 Å². The Labute approximate surface area is 177 Å². The highest BCUT2D eigenvalue weighted by molar-refractivity contribution is 5.60. The first-order valence-electron chi connectivity index (χ1n) is 10.6. The summed E-state index contributed by atoms with van der Waals surface area (Å²) in [5, 5.41) is 3.56. The molecule has 0 saturated carbocycles. The Kier molecular flexibility index (Phi) is 7.00. The molecule has 0 radical (unpaired) electrons. The molecule has 1 aliphatic carbocycles. The third-order valence-corrected chi connectivity index (χ3v) is 5.17. The van der Waals surface area contributed by atoms with E-state index in [1.54, 1.807) is 12.4 Å². The summed E-state index contributed by atoms with van der Waals surface area (Å²) < 4.78 is 11.0. The molecule has 0 unspecified atom stereocenters. The molecular formula is C24H28N4O2. The van der Waals surface area contributed by atoms with Gasteiger partial charge < -0.3 is 14.8 Å². The predicted octanol–water partition coefficient (Wildman–Crippen LogP) is 4.19. The second-order valence-electron chi connectivity index (χ2n) is 7.33. The van der Waals surface area contributed by atoms with Crippen molar-refractivity contribution in [2.75, 3.05) is 25.1 Å². The molecule has 0 saturated heterocycles. The molecule has 0 atom stereocenters. The van der Waals surface area contributed by atoms with Gasteiger partial charge in [-0.05, 0) is 49.4 Å². The van der Waals surface area contributed by atoms with Crippen LogP contribution in [0, 0.1) is 0 Å². The summed E-state index contributed by atoms with van der Waals surface area (Å²) in [6.07, 6.45) is 6.73. The molecule has 1 aliphatic rings. The quantitative estimate of drug-likeness (QED) is 0.511. The number of anilines is 1. The molecule has 30 heavy (non-hydrogen) atoms. The van der Waals surface area contributed by atoms with Gasteiger partial charge in [0.15, 0.2) is 5.82 Å². The average molecular weight is 405 g/mol. The van der Waals surface area contributed by atoms with Crippen molar-refractivity contribution in [1.82, 2.24) is 15.0 Å². The molecule has 6 heteroatoms. The summed E-state index contributed by atoms with van der Waals surface area (Å²) in [6.45, 7) is 5.27. The highest BCUT2D eigenvalue weighted by atomic mass is 16.5. The summed E-state index contributed by atoms with van der Waals surface area (Å²) in [7, 11) is 0. The van der Waals surface area contributed by atoms with E-state index in [0.717, 1.165) is 54.3 Å². The van der Waals surface area contributed by atoms with Crippen LogP contribution in [0.1, 0.15) is 35.7 Å². The van der Waals surface area contributed by atoms with Crippen molar-refractivity contribution in [2.45, 2.75) is 39.3 Å². The normalized spacial score (nSPS) is 12.7. The molecule has 0 amide bonds. The largest absolute Gasteiger partial charge is 0.379 e. The lowest BCUT2D eigenvalue weighted by molar-refractivity contribution is 0.0453. The van der Waals surface area contributed by atoms with Crippen molar-refractivity contribution < 1.29 is 9.47 Å². The van der Waals surface area contributed by atoms with Crippen molar-refractivity contribution in [3.05, 3.63) is 71.2 Å². The molecule has 0 aliphatic heterocycles. The van der Waals surface area contributed by atoms with Crippen molar-refractivity contribution in [3.63, 3.8) is 0 Å². The average Bonchev–Trinajstić information content (AvgIpc) is 3.27. The Balaban J connectivity index is 1.44. The Morgan fingerprint density at radius 3 is 2.67 bits per heavy atom. The second kappa shape index (κ2) is 10.3. The van der Waals surface area contributed by atoms with Crippen LogP contribution < -0.4 is 5.32 Å². The lowest BCUT2D eigenvalue weighted by atomic mass is 10.1. The van der Waals surface area contributed by atoms with Crippen molar-refractivity contribution in [2.24, 2.45) is 0 Å². The number of hydrogen-bond acceptors (Lipinski definition) is 6. The number of nitrogens with zero attached hydrogens (tertiary/aromatic N) is 3. The van der Waals surface area contributed by atoms with E-state index in [2.05, 4.69) is 34.6 Å². The summed E-state index contributed by atoms with van der Waals surface area (Å²) >= 11 is 0. The molecule has 6 nitrogen and oxygen atoms in total. The van der Waals surface area contributed by atoms with Gasteiger partial charge >= 0.3 is 0 Å². The van der Waals surface area contributed by atoms with Gasteiger partial charge in [-0.25, -0.2) is 9.97 Å². The van der Waals surface area contributed by atoms with Crippen LogP contribution in [-0.4, -0.2) is 34.8 Å². The van der Waals surface area contributed by atoms with Gasteiger partial charge in [-0.15, -0.1) is 0 Å². The maximum Gasteiger partial charge on any atom is 0.161 e. The van der Waals surface area contributed by atoms with Gasteiger partial charge in [0.25, 0.3) is 0 Å². The number of nitrogens with one attached hydrogen (secondary N) is 1. The number of aromatic nitrogens is 3. The monoisotopic (exact) mass is 404 g/mol. The zero-order valence-electron chi connectivity index (χ0n) is 17.4. The van der Waals surface area contributed by atoms with Crippen LogP contribution in [0.3, 0.4) is 0 Å². The number of pyridine rings is 1. The van der Waals surface area contributed by atoms with E-state index in [9.17, 15) is 0 Å². The lowest BCUT2D eigenvalue weighted by Crippen LogP contribution is -2.08. The molecule has 2 aromatic heterocycles. The Morgan fingerprint density at radius 2 is 1.80 bits per heavy atom. The highest BCUT2D eigenvalue weighted by Crippen LogP contribution is 2.29. The molecule has 2 heterocycles. The van der Waals surface area contributed by atoms with E-state index in [1.165, 1.54) is 11.1 Å². The van der Waals surface area contributed by atoms with Crippen LogP contribution >= 0.6 is 0 Å². The van der Waals surface area contributed by atoms with Gasteiger partial charge in [0.05, 0.1) is 19.8 Å². The third kappa shape index (κ3) is 5.20. The first kappa shape index (κ1) is 20.4. The van der Waals surface area contributed by atoms with E-state index >= 15 is 0 Å². The minimum atomic E-state index is 0.593. The van der Waals surface area contributed by atoms with Gasteiger partial charge in [-0.1, -0.05) is 24.3 Å². The van der Waals surface area contributed by atoms with E-state index < -0.39 is 0 Å². The maximum atomic E-state index is 5.69. The maximum absolute atomic E-state index is 5.69. The van der Waals surface area contributed by atoms with E-state index in [1.807, 2.05) is 19.1 Å². The molecule has 1 N–H and O–H groups in total. The van der Waals surface area contributed by atoms with Crippen LogP contribution in [-0.2, 0) is 35.5 Å². The Hall–Kier alpha value is -2.83. The van der Waals surface area contributed by atoms with Gasteiger partial charge in [0, 0.05) is 42.4 Å². The van der Waals surface area contributed by atoms with Gasteiger partial charge in [0.2, 0.25) is 0 Å². The fraction of sp³-hybridized carbons (Fsp3) is 0.375. The third-order valence-electron chi connectivity index (χ3n) is 5.17. The molecule has 1 aromatic carbocycles. The van der Waals surface area contributed by atoms with Gasteiger partial charge in [-0.2, -0.15) is 0 Å². The summed E-state index contributed by atoms with van der Waals surface area (Å²) in [6, 6.07) is 12.4. The standard InChI is InChI=1S/C24H28N4O2/c1-2-29-13-14-30-17-19-6-3-5-18(15-19)16-26-24-21-7-4-8-22(21)27-23(28-24)20-9-11-25-12-10-20/h3,5-6,9-12,15H,2,4,7-8,13-14,16-17H2,1H3,(H,26,27,28). The van der Waals surface area contributed by atoms with Crippen LogP contribution in [0.2, 0.25) is 0 Å². The number of aryl methyl sites for hydroxylation is 1. The van der Waals surface area contributed by atoms with Crippen molar-refractivity contribution in [3.8, 4) is 11.4 Å². The summed E-state index contributed by atoms with van der Waals surface area (Å²) in [5.41, 5.74) is 5.78. The SMILES string of the molecule is CCOCCOCc1cccc(CNc2nc(-c3ccncc3)nc3c2CCC3)c1. The predicted molar refractivity (Wildman–Crippen MR) is 117 cm³/mol. The smallest absolute Gasteiger partial charge is 0.161 e. The second-order valence-corrected chi connectivity index (χ2v) is 7.33. The summed E-state index contributed by atoms with van der Waals surface area (Å²) in [4.78, 5) is 13.7. The Bertz CT molecular complexity index is 963. The Morgan fingerprint density at radius 1 is 0.967 bits per heavy atom. The first-order valence-corrected chi connectivity index (χ1v) is 10.6. The number of benzene rings is 1. The molecule has 156 valence electrons. The van der Waals surface area contributed by atoms with Crippen LogP contribution in [0.5, 0.6) is 0 Å². The van der Waals surface area contributed by atoms with Crippen LogP contribution in [0.4, 0.5) is 5.82 Å². The van der Waals surface area contributed by atoms with E-state index in [-0.39, 0.29) is 0 Å². The van der Waals surface area contributed by atoms with Gasteiger partial charge in [-0.3, -0.25) is 4.98 Å². The zero-order chi connectivity index (χ0) is 20.6. The summed E-state index contributed by atoms with van der Waals surface area (Å²) in [5.74, 6) is 1.71. The highest BCUT2D eigenvalue weighted by Gasteiger charge is 2.19. The fourth-order valence-corrected chi connectivity index (χ4v) is 3.68. The van der Waals surface area contributed by atoms with Crippen molar-refractivity contribution >= 4 is 5.82 Å². The topological polar surface area (TPSA) is 69.2 Å². The molecule has 3 aromatic rings. The number of hydrogen-bond donors (Lipinski definition) is 1. The molecule has 0 spiro atoms. The van der Waals surface area contributed by atoms with Crippen molar-refractivity contribution in [1.29, 1.82) is 0 Å². The lowest BCUT2D eigenvalue weighted by Gasteiger charge is -2.13. The first-order chi connectivity index (χ1) is 14.8. The fourth-order valence-electron chi connectivity index (χ4n) is 3.68. The minimum absolute atomic E-state index is 0.593. The van der Waals surface area contributed by atoms with E-state index in [4.69, 9.17) is 19.4 Å². The molecular weight excluding hydrogens is 376 g/mol. The molecule has 0 fully saturated rings. The van der Waals surface area contributed by atoms with Gasteiger partial charge in [0.1, 0.15) is 5.82 Å². The zero-order valence-corrected chi connectivity index (χ0v) is 17.4. The van der Waals surface area contributed by atoms with Crippen LogP contribution in [0.15, 0.2) is 48.8 Å². The molecule has 0 bridgehead atoms. The number of rotatable bonds is 10. The minimum Gasteiger partial charge on any atom is -0.379 e. The molecule has 4 rings (SSSR count). The number of ether oxygens (including phenoxy) is 2. The van der Waals surface area contributed by atoms with E-state index in [0.29, 0.717) is 26.4 Å².